The Morgan fingerprint density at radius 2 is 2.00 bits per heavy atom. The zero-order chi connectivity index (χ0) is 24.2. The molecule has 35 heavy (non-hydrogen) atoms. The van der Waals surface area contributed by atoms with Gasteiger partial charge in [-0.05, 0) is 54.4 Å². The van der Waals surface area contributed by atoms with E-state index in [4.69, 9.17) is 16.0 Å². The van der Waals surface area contributed by atoms with Crippen LogP contribution in [0, 0.1) is 6.92 Å². The number of halogens is 1. The standard InChI is InChI=1S/C25H20ClN5O2S2/c1-16-4-2-5-19(12-16)31-23(21-6-3-11-33-21)29-30-25(31)34-15-22(32)28-24-27-14-20(35-24)13-17-7-9-18(26)10-8-17/h2-12,14H,13,15H2,1H3,(H,27,28,32). The molecule has 0 saturated heterocycles. The summed E-state index contributed by atoms with van der Waals surface area (Å²) in [4.78, 5) is 18.1. The Morgan fingerprint density at radius 3 is 2.77 bits per heavy atom. The number of hydrogen-bond acceptors (Lipinski definition) is 7. The van der Waals surface area contributed by atoms with Crippen LogP contribution in [-0.4, -0.2) is 31.4 Å². The number of aryl methyl sites for hydroxylation is 1. The van der Waals surface area contributed by atoms with Gasteiger partial charge in [-0.3, -0.25) is 9.36 Å². The molecule has 10 heteroatoms. The molecular weight excluding hydrogens is 502 g/mol. The summed E-state index contributed by atoms with van der Waals surface area (Å²) in [5, 5.41) is 13.4. The third-order valence-corrected chi connectivity index (χ3v) is 7.15. The average molecular weight is 522 g/mol. The Morgan fingerprint density at radius 1 is 1.14 bits per heavy atom. The summed E-state index contributed by atoms with van der Waals surface area (Å²) < 4.78 is 7.46. The van der Waals surface area contributed by atoms with E-state index in [1.54, 1.807) is 18.5 Å². The first-order chi connectivity index (χ1) is 17.0. The van der Waals surface area contributed by atoms with Crippen LogP contribution in [0.25, 0.3) is 17.3 Å². The number of furan rings is 1. The van der Waals surface area contributed by atoms with Crippen molar-refractivity contribution in [2.45, 2.75) is 18.5 Å². The van der Waals surface area contributed by atoms with Crippen LogP contribution in [0.15, 0.2) is 82.7 Å². The van der Waals surface area contributed by atoms with Gasteiger partial charge in [0.1, 0.15) is 0 Å². The van der Waals surface area contributed by atoms with Gasteiger partial charge in [-0.2, -0.15) is 0 Å². The number of nitrogens with one attached hydrogen (secondary N) is 1. The number of rotatable bonds is 8. The number of aromatic nitrogens is 4. The fourth-order valence-electron chi connectivity index (χ4n) is 3.46. The highest BCUT2D eigenvalue weighted by Crippen LogP contribution is 2.29. The van der Waals surface area contributed by atoms with E-state index in [2.05, 4.69) is 20.5 Å². The van der Waals surface area contributed by atoms with Crippen molar-refractivity contribution in [2.24, 2.45) is 0 Å². The predicted molar refractivity (Wildman–Crippen MR) is 140 cm³/mol. The van der Waals surface area contributed by atoms with Crippen LogP contribution < -0.4 is 5.32 Å². The molecule has 5 aromatic rings. The molecule has 0 unspecified atom stereocenters. The second-order valence-electron chi connectivity index (χ2n) is 7.73. The lowest BCUT2D eigenvalue weighted by atomic mass is 10.1. The van der Waals surface area contributed by atoms with Gasteiger partial charge in [0.15, 0.2) is 16.0 Å². The molecule has 7 nitrogen and oxygen atoms in total. The number of anilines is 1. The molecule has 3 heterocycles. The molecule has 0 spiro atoms. The molecule has 176 valence electrons. The normalized spacial score (nSPS) is 11.0. The van der Waals surface area contributed by atoms with Gasteiger partial charge in [0, 0.05) is 22.5 Å². The highest BCUT2D eigenvalue weighted by molar-refractivity contribution is 7.99. The van der Waals surface area contributed by atoms with Crippen LogP contribution in [-0.2, 0) is 11.2 Å². The SMILES string of the molecule is Cc1cccc(-n2c(SCC(=O)Nc3ncc(Cc4ccc(Cl)cc4)s3)nnc2-c2ccco2)c1. The van der Waals surface area contributed by atoms with Crippen molar-refractivity contribution in [3.63, 3.8) is 0 Å². The number of thioether (sulfide) groups is 1. The number of carbonyl (C=O) groups is 1. The van der Waals surface area contributed by atoms with Gasteiger partial charge >= 0.3 is 0 Å². The van der Waals surface area contributed by atoms with E-state index in [0.29, 0.717) is 26.9 Å². The van der Waals surface area contributed by atoms with E-state index in [-0.39, 0.29) is 11.7 Å². The number of thiazole rings is 1. The number of benzene rings is 2. The minimum absolute atomic E-state index is 0.161. The van der Waals surface area contributed by atoms with Crippen LogP contribution in [0.2, 0.25) is 5.02 Å². The Balaban J connectivity index is 1.27. The second-order valence-corrected chi connectivity index (χ2v) is 10.2. The van der Waals surface area contributed by atoms with E-state index in [1.165, 1.54) is 23.1 Å². The first kappa shape index (κ1) is 23.3. The minimum atomic E-state index is -0.166. The second kappa shape index (κ2) is 10.5. The van der Waals surface area contributed by atoms with Gasteiger partial charge in [-0.15, -0.1) is 21.5 Å². The molecule has 0 bridgehead atoms. The van der Waals surface area contributed by atoms with Crippen molar-refractivity contribution >= 4 is 45.7 Å². The molecule has 0 atom stereocenters. The zero-order valence-corrected chi connectivity index (χ0v) is 21.0. The van der Waals surface area contributed by atoms with Crippen molar-refractivity contribution in [3.8, 4) is 17.3 Å². The fraction of sp³-hybridized carbons (Fsp3) is 0.120. The van der Waals surface area contributed by atoms with E-state index < -0.39 is 0 Å². The van der Waals surface area contributed by atoms with Gasteiger partial charge in [0.05, 0.1) is 17.7 Å². The van der Waals surface area contributed by atoms with Crippen molar-refractivity contribution in [2.75, 3.05) is 11.1 Å². The molecule has 1 N–H and O–H groups in total. The third-order valence-electron chi connectivity index (χ3n) is 5.06. The van der Waals surface area contributed by atoms with Gasteiger partial charge < -0.3 is 9.73 Å². The lowest BCUT2D eigenvalue weighted by Crippen LogP contribution is -2.14. The lowest BCUT2D eigenvalue weighted by Gasteiger charge is -2.10. The number of hydrogen-bond donors (Lipinski definition) is 1. The van der Waals surface area contributed by atoms with Gasteiger partial charge in [0.25, 0.3) is 0 Å². The summed E-state index contributed by atoms with van der Waals surface area (Å²) in [5.41, 5.74) is 3.14. The average Bonchev–Trinajstić information content (AvgIpc) is 3.60. The van der Waals surface area contributed by atoms with Gasteiger partial charge in [-0.1, -0.05) is 47.6 Å². The quantitative estimate of drug-likeness (QED) is 0.242. The van der Waals surface area contributed by atoms with E-state index in [9.17, 15) is 4.79 Å². The fourth-order valence-corrected chi connectivity index (χ4v) is 5.21. The number of carbonyl (C=O) groups excluding carboxylic acids is 1. The van der Waals surface area contributed by atoms with E-state index >= 15 is 0 Å². The van der Waals surface area contributed by atoms with Crippen LogP contribution in [0.5, 0.6) is 0 Å². The Hall–Kier alpha value is -3.40. The summed E-state index contributed by atoms with van der Waals surface area (Å²) in [6.45, 7) is 2.02. The lowest BCUT2D eigenvalue weighted by molar-refractivity contribution is -0.113. The zero-order valence-electron chi connectivity index (χ0n) is 18.6. The van der Waals surface area contributed by atoms with Crippen molar-refractivity contribution in [1.82, 2.24) is 19.7 Å². The maximum atomic E-state index is 12.7. The highest BCUT2D eigenvalue weighted by atomic mass is 35.5. The molecular formula is C25H20ClN5O2S2. The van der Waals surface area contributed by atoms with Gasteiger partial charge in [-0.25, -0.2) is 4.98 Å². The summed E-state index contributed by atoms with van der Waals surface area (Å²) in [6, 6.07) is 19.4. The predicted octanol–water partition coefficient (Wildman–Crippen LogP) is 6.27. The molecule has 0 saturated carbocycles. The van der Waals surface area contributed by atoms with Crippen LogP contribution in [0.1, 0.15) is 16.0 Å². The minimum Gasteiger partial charge on any atom is -0.461 e. The van der Waals surface area contributed by atoms with Crippen molar-refractivity contribution in [1.29, 1.82) is 0 Å². The molecule has 0 radical (unpaired) electrons. The molecule has 5 rings (SSSR count). The first-order valence-electron chi connectivity index (χ1n) is 10.7. The van der Waals surface area contributed by atoms with Gasteiger partial charge in [0.2, 0.25) is 11.7 Å². The largest absolute Gasteiger partial charge is 0.461 e. The highest BCUT2D eigenvalue weighted by Gasteiger charge is 2.19. The summed E-state index contributed by atoms with van der Waals surface area (Å²) in [5.74, 6) is 1.18. The van der Waals surface area contributed by atoms with Crippen LogP contribution >= 0.6 is 34.7 Å². The molecule has 2 aromatic carbocycles. The molecule has 1 amide bonds. The number of nitrogens with zero attached hydrogens (tertiary/aromatic N) is 4. The van der Waals surface area contributed by atoms with E-state index in [0.717, 1.165) is 28.1 Å². The summed E-state index contributed by atoms with van der Waals surface area (Å²) in [6.07, 6.45) is 4.11. The maximum Gasteiger partial charge on any atom is 0.236 e. The maximum absolute atomic E-state index is 12.7. The Kier molecular flexibility index (Phi) is 6.98. The Labute approximate surface area is 215 Å². The number of amides is 1. The monoisotopic (exact) mass is 521 g/mol. The van der Waals surface area contributed by atoms with E-state index in [1.807, 2.05) is 66.1 Å². The van der Waals surface area contributed by atoms with Crippen LogP contribution in [0.4, 0.5) is 5.13 Å². The smallest absolute Gasteiger partial charge is 0.236 e. The topological polar surface area (TPSA) is 85.8 Å². The van der Waals surface area contributed by atoms with Crippen LogP contribution in [0.3, 0.4) is 0 Å². The molecule has 0 fully saturated rings. The summed E-state index contributed by atoms with van der Waals surface area (Å²) >= 11 is 8.71. The molecule has 3 aromatic heterocycles. The Bertz CT molecular complexity index is 1450. The van der Waals surface area contributed by atoms with Crippen molar-refractivity contribution < 1.29 is 9.21 Å². The molecule has 0 aliphatic carbocycles. The third kappa shape index (κ3) is 5.64. The van der Waals surface area contributed by atoms with Crippen molar-refractivity contribution in [3.05, 3.63) is 94.2 Å². The summed E-state index contributed by atoms with van der Waals surface area (Å²) in [7, 11) is 0. The molecule has 0 aliphatic rings. The molecule has 0 aliphatic heterocycles. The first-order valence-corrected chi connectivity index (χ1v) is 12.9.